The fourth-order valence-corrected chi connectivity index (χ4v) is 2.05. The van der Waals surface area contributed by atoms with Crippen LogP contribution >= 0.6 is 24.2 Å². The summed E-state index contributed by atoms with van der Waals surface area (Å²) in [4.78, 5) is 0. The van der Waals surface area contributed by atoms with Gasteiger partial charge in [-0.3, -0.25) is 0 Å². The molecule has 1 nitrogen and oxygen atoms in total. The molecule has 3 heteroatoms. The van der Waals surface area contributed by atoms with E-state index in [1.54, 1.807) is 0 Å². The van der Waals surface area contributed by atoms with E-state index in [2.05, 4.69) is 12.6 Å². The van der Waals surface area contributed by atoms with Crippen LogP contribution in [0.1, 0.15) is 5.56 Å². The van der Waals surface area contributed by atoms with E-state index in [4.69, 9.17) is 16.3 Å². The van der Waals surface area contributed by atoms with Crippen molar-refractivity contribution in [1.82, 2.24) is 0 Å². The molecule has 0 N–H and O–H groups in total. The predicted molar refractivity (Wildman–Crippen MR) is 52.9 cm³/mol. The lowest BCUT2D eigenvalue weighted by molar-refractivity contribution is -0.00965. The van der Waals surface area contributed by atoms with Crippen LogP contribution in [-0.4, -0.2) is 13.2 Å². The number of benzene rings is 1. The van der Waals surface area contributed by atoms with Gasteiger partial charge in [-0.05, 0) is 11.6 Å². The molecular formula is C9H9ClOS. The number of halogens is 1. The largest absolute Gasteiger partial charge is 0.378 e. The summed E-state index contributed by atoms with van der Waals surface area (Å²) in [5.74, 6) is 0. The summed E-state index contributed by atoms with van der Waals surface area (Å²) in [5.41, 5.74) is 1.07. The minimum absolute atomic E-state index is 0.154. The molecule has 2 rings (SSSR count). The van der Waals surface area contributed by atoms with Gasteiger partial charge < -0.3 is 4.74 Å². The maximum Gasteiger partial charge on any atom is 0.0858 e. The van der Waals surface area contributed by atoms with Crippen LogP contribution in [0.2, 0.25) is 5.02 Å². The first kappa shape index (κ1) is 8.42. The van der Waals surface area contributed by atoms with Gasteiger partial charge in [0.1, 0.15) is 0 Å². The van der Waals surface area contributed by atoms with Crippen LogP contribution in [0.3, 0.4) is 0 Å². The van der Waals surface area contributed by atoms with Crippen LogP contribution in [-0.2, 0) is 9.48 Å². The average molecular weight is 201 g/mol. The van der Waals surface area contributed by atoms with Crippen molar-refractivity contribution in [2.24, 2.45) is 0 Å². The lowest BCUT2D eigenvalue weighted by Gasteiger charge is -2.37. The van der Waals surface area contributed by atoms with Gasteiger partial charge in [0, 0.05) is 5.02 Å². The Morgan fingerprint density at radius 2 is 2.00 bits per heavy atom. The van der Waals surface area contributed by atoms with E-state index >= 15 is 0 Å². The fourth-order valence-electron chi connectivity index (χ4n) is 1.29. The van der Waals surface area contributed by atoms with Gasteiger partial charge in [0.05, 0.1) is 18.0 Å². The first-order valence-corrected chi connectivity index (χ1v) is 4.60. The smallest absolute Gasteiger partial charge is 0.0858 e. The molecule has 0 unspecified atom stereocenters. The maximum absolute atomic E-state index is 6.02. The van der Waals surface area contributed by atoms with Gasteiger partial charge in [-0.25, -0.2) is 0 Å². The van der Waals surface area contributed by atoms with Gasteiger partial charge in [-0.15, -0.1) is 0 Å². The predicted octanol–water partition coefficient (Wildman–Crippen LogP) is 2.50. The maximum atomic E-state index is 6.02. The number of ether oxygens (including phenoxy) is 1. The minimum atomic E-state index is -0.154. The van der Waals surface area contributed by atoms with E-state index in [1.807, 2.05) is 24.3 Å². The topological polar surface area (TPSA) is 9.23 Å². The minimum Gasteiger partial charge on any atom is -0.378 e. The van der Waals surface area contributed by atoms with Crippen LogP contribution in [0.4, 0.5) is 0 Å². The summed E-state index contributed by atoms with van der Waals surface area (Å²) < 4.78 is 4.96. The Bertz CT molecular complexity index is 296. The second-order valence-corrected chi connectivity index (χ2v) is 4.27. The third kappa shape index (κ3) is 1.24. The fraction of sp³-hybridized carbons (Fsp3) is 0.333. The van der Waals surface area contributed by atoms with E-state index < -0.39 is 0 Å². The molecule has 1 fully saturated rings. The van der Waals surface area contributed by atoms with Crippen molar-refractivity contribution in [3.8, 4) is 0 Å². The molecule has 1 aromatic carbocycles. The van der Waals surface area contributed by atoms with Crippen LogP contribution in [0.25, 0.3) is 0 Å². The Hall–Kier alpha value is -0.180. The van der Waals surface area contributed by atoms with E-state index in [9.17, 15) is 0 Å². The zero-order valence-corrected chi connectivity index (χ0v) is 8.11. The SMILES string of the molecule is SC1(c2ccccc2Cl)COC1. The molecule has 1 aliphatic heterocycles. The quantitative estimate of drug-likeness (QED) is 0.686. The summed E-state index contributed by atoms with van der Waals surface area (Å²) in [5, 5.41) is 0.774. The lowest BCUT2D eigenvalue weighted by atomic mass is 9.96. The number of thiol groups is 1. The molecule has 0 aromatic heterocycles. The normalized spacial score (nSPS) is 20.2. The van der Waals surface area contributed by atoms with Gasteiger partial charge in [0.25, 0.3) is 0 Å². The van der Waals surface area contributed by atoms with E-state index in [1.165, 1.54) is 0 Å². The monoisotopic (exact) mass is 200 g/mol. The highest BCUT2D eigenvalue weighted by Gasteiger charge is 2.37. The Labute approximate surface area is 82.1 Å². The van der Waals surface area contributed by atoms with Crippen molar-refractivity contribution >= 4 is 24.2 Å². The molecule has 1 aliphatic rings. The Kier molecular flexibility index (Phi) is 2.07. The number of hydrogen-bond acceptors (Lipinski definition) is 2. The molecule has 12 heavy (non-hydrogen) atoms. The molecule has 0 radical (unpaired) electrons. The molecule has 0 saturated carbocycles. The highest BCUT2D eigenvalue weighted by atomic mass is 35.5. The molecule has 64 valence electrons. The van der Waals surface area contributed by atoms with Crippen molar-refractivity contribution in [2.45, 2.75) is 4.75 Å². The zero-order valence-electron chi connectivity index (χ0n) is 6.46. The molecule has 0 spiro atoms. The van der Waals surface area contributed by atoms with Crippen molar-refractivity contribution in [3.63, 3.8) is 0 Å². The number of hydrogen-bond donors (Lipinski definition) is 1. The summed E-state index contributed by atoms with van der Waals surface area (Å²) in [7, 11) is 0. The second kappa shape index (κ2) is 2.95. The molecule has 0 amide bonds. The van der Waals surface area contributed by atoms with Crippen LogP contribution in [0, 0.1) is 0 Å². The van der Waals surface area contributed by atoms with Crippen LogP contribution < -0.4 is 0 Å². The molecule has 1 heterocycles. The van der Waals surface area contributed by atoms with Crippen LogP contribution in [0.15, 0.2) is 24.3 Å². The third-order valence-electron chi connectivity index (χ3n) is 2.06. The van der Waals surface area contributed by atoms with Gasteiger partial charge in [0.15, 0.2) is 0 Å². The molecule has 1 saturated heterocycles. The zero-order chi connectivity index (χ0) is 8.60. The van der Waals surface area contributed by atoms with Crippen molar-refractivity contribution in [1.29, 1.82) is 0 Å². The summed E-state index contributed by atoms with van der Waals surface area (Å²) in [6.07, 6.45) is 0. The third-order valence-corrected chi connectivity index (χ3v) is 2.89. The standard InChI is InChI=1S/C9H9ClOS/c10-8-4-2-1-3-7(8)9(12)5-11-6-9/h1-4,12H,5-6H2. The highest BCUT2D eigenvalue weighted by molar-refractivity contribution is 7.81. The molecular weight excluding hydrogens is 192 g/mol. The summed E-state index contributed by atoms with van der Waals surface area (Å²) in [6, 6.07) is 7.77. The Morgan fingerprint density at radius 3 is 2.50 bits per heavy atom. The average Bonchev–Trinajstić information content (AvgIpc) is 2.01. The van der Waals surface area contributed by atoms with Gasteiger partial charge in [0.2, 0.25) is 0 Å². The van der Waals surface area contributed by atoms with Crippen LogP contribution in [0.5, 0.6) is 0 Å². The first-order valence-electron chi connectivity index (χ1n) is 3.77. The van der Waals surface area contributed by atoms with E-state index in [-0.39, 0.29) is 4.75 Å². The van der Waals surface area contributed by atoms with Crippen molar-refractivity contribution < 1.29 is 4.74 Å². The summed E-state index contributed by atoms with van der Waals surface area (Å²) in [6.45, 7) is 1.31. The molecule has 0 aliphatic carbocycles. The molecule has 1 aromatic rings. The summed E-state index contributed by atoms with van der Waals surface area (Å²) >= 11 is 10.5. The Balaban J connectivity index is 2.39. The lowest BCUT2D eigenvalue weighted by Crippen LogP contribution is -2.41. The molecule has 0 bridgehead atoms. The van der Waals surface area contributed by atoms with Gasteiger partial charge in [-0.2, -0.15) is 12.6 Å². The second-order valence-electron chi connectivity index (χ2n) is 3.00. The highest BCUT2D eigenvalue weighted by Crippen LogP contribution is 2.39. The van der Waals surface area contributed by atoms with Gasteiger partial charge >= 0.3 is 0 Å². The van der Waals surface area contributed by atoms with Gasteiger partial charge in [-0.1, -0.05) is 29.8 Å². The first-order chi connectivity index (χ1) is 5.72. The van der Waals surface area contributed by atoms with E-state index in [0.29, 0.717) is 13.2 Å². The van der Waals surface area contributed by atoms with Crippen molar-refractivity contribution in [2.75, 3.05) is 13.2 Å². The van der Waals surface area contributed by atoms with E-state index in [0.717, 1.165) is 10.6 Å². The van der Waals surface area contributed by atoms with Crippen molar-refractivity contribution in [3.05, 3.63) is 34.9 Å². The number of rotatable bonds is 1. The molecule has 0 atom stereocenters. The Morgan fingerprint density at radius 1 is 1.33 bits per heavy atom.